The van der Waals surface area contributed by atoms with Crippen molar-refractivity contribution >= 4 is 43.1 Å². The van der Waals surface area contributed by atoms with Gasteiger partial charge in [0.05, 0.1) is 16.6 Å². The summed E-state index contributed by atoms with van der Waals surface area (Å²) in [4.78, 5) is 12.9. The Balaban J connectivity index is 1.31. The molecule has 0 atom stereocenters. The lowest BCUT2D eigenvalue weighted by atomic mass is 9.97. The predicted octanol–water partition coefficient (Wildman–Crippen LogP) is 2.94. The fraction of sp³-hybridized carbons (Fsp3) is 0.409. The number of rotatable bonds is 8. The van der Waals surface area contributed by atoms with E-state index in [0.717, 1.165) is 5.56 Å². The van der Waals surface area contributed by atoms with Crippen LogP contribution in [0.15, 0.2) is 55.3 Å². The Morgan fingerprint density at radius 2 is 1.80 bits per heavy atom. The molecule has 0 bridgehead atoms. The first kappa shape index (κ1) is 25.5. The maximum atomic E-state index is 12.6. The van der Waals surface area contributed by atoms with E-state index in [1.807, 2.05) is 0 Å². The van der Waals surface area contributed by atoms with Crippen molar-refractivity contribution in [3.8, 4) is 0 Å². The van der Waals surface area contributed by atoms with Crippen molar-refractivity contribution in [2.75, 3.05) is 18.4 Å². The molecule has 0 radical (unpaired) electrons. The largest absolute Gasteiger partial charge is 0.407 e. The van der Waals surface area contributed by atoms with Crippen LogP contribution >= 0.6 is 11.3 Å². The lowest BCUT2D eigenvalue weighted by molar-refractivity contribution is -0.121. The summed E-state index contributed by atoms with van der Waals surface area (Å²) in [6.45, 7) is 3.79. The van der Waals surface area contributed by atoms with Crippen LogP contribution in [0, 0.1) is 5.92 Å². The van der Waals surface area contributed by atoms with Crippen molar-refractivity contribution in [3.63, 3.8) is 0 Å². The molecule has 3 aromatic rings. The monoisotopic (exact) mass is 538 g/mol. The van der Waals surface area contributed by atoms with Gasteiger partial charge in [-0.1, -0.05) is 23.3 Å². The topological polar surface area (TPSA) is 140 Å². The summed E-state index contributed by atoms with van der Waals surface area (Å²) in [6, 6.07) is 9.73. The number of carbonyl (C=O) groups excluding carboxylic acids is 1. The SMILES string of the molecule is CC(C)S(=O)(=O)c1ccc(Cc2nnc(NC(=O)C3CCN(S(=O)(=O)c4cccs4)CC3)o2)cc1. The van der Waals surface area contributed by atoms with E-state index < -0.39 is 25.1 Å². The van der Waals surface area contributed by atoms with Crippen LogP contribution in [0.1, 0.15) is 38.1 Å². The van der Waals surface area contributed by atoms with E-state index in [4.69, 9.17) is 4.42 Å². The molecule has 188 valence electrons. The van der Waals surface area contributed by atoms with Gasteiger partial charge in [0.1, 0.15) is 4.21 Å². The third-order valence-electron chi connectivity index (χ3n) is 5.84. The van der Waals surface area contributed by atoms with Gasteiger partial charge in [-0.3, -0.25) is 10.1 Å². The molecule has 1 saturated heterocycles. The molecule has 0 unspecified atom stereocenters. The maximum absolute atomic E-state index is 12.6. The number of benzene rings is 1. The van der Waals surface area contributed by atoms with E-state index in [9.17, 15) is 21.6 Å². The Labute approximate surface area is 208 Å². The lowest BCUT2D eigenvalue weighted by Gasteiger charge is -2.29. The minimum Gasteiger partial charge on any atom is -0.407 e. The predicted molar refractivity (Wildman–Crippen MR) is 130 cm³/mol. The number of piperidine rings is 1. The second kappa shape index (κ2) is 10.2. The molecule has 1 N–H and O–H groups in total. The van der Waals surface area contributed by atoms with Crippen molar-refractivity contribution in [3.05, 3.63) is 53.2 Å². The van der Waals surface area contributed by atoms with Crippen LogP contribution in [-0.2, 0) is 31.1 Å². The molecule has 10 nitrogen and oxygen atoms in total. The quantitative estimate of drug-likeness (QED) is 0.462. The third-order valence-corrected chi connectivity index (χ3v) is 11.3. The molecule has 4 rings (SSSR count). The van der Waals surface area contributed by atoms with Crippen LogP contribution < -0.4 is 5.32 Å². The van der Waals surface area contributed by atoms with E-state index in [2.05, 4.69) is 15.5 Å². The van der Waals surface area contributed by atoms with Gasteiger partial charge in [0.25, 0.3) is 10.0 Å². The molecular formula is C22H26N4O6S3. The highest BCUT2D eigenvalue weighted by molar-refractivity contribution is 7.92. The number of aromatic nitrogens is 2. The van der Waals surface area contributed by atoms with Gasteiger partial charge >= 0.3 is 6.01 Å². The fourth-order valence-electron chi connectivity index (χ4n) is 3.72. The first-order valence-corrected chi connectivity index (χ1v) is 14.9. The van der Waals surface area contributed by atoms with E-state index in [1.54, 1.807) is 55.6 Å². The minimum atomic E-state index is -3.52. The number of nitrogens with one attached hydrogen (secondary N) is 1. The molecular weight excluding hydrogens is 512 g/mol. The Morgan fingerprint density at radius 1 is 1.11 bits per heavy atom. The second-order valence-electron chi connectivity index (χ2n) is 8.52. The molecule has 1 aromatic carbocycles. The third kappa shape index (κ3) is 5.63. The number of hydrogen-bond donors (Lipinski definition) is 1. The summed E-state index contributed by atoms with van der Waals surface area (Å²) in [7, 11) is -6.87. The van der Waals surface area contributed by atoms with Gasteiger partial charge < -0.3 is 4.42 Å². The molecule has 1 aliphatic rings. The van der Waals surface area contributed by atoms with Crippen molar-refractivity contribution < 1.29 is 26.0 Å². The Hall–Kier alpha value is -2.61. The van der Waals surface area contributed by atoms with Gasteiger partial charge in [-0.05, 0) is 55.8 Å². The summed E-state index contributed by atoms with van der Waals surface area (Å²) >= 11 is 1.17. The van der Waals surface area contributed by atoms with E-state index >= 15 is 0 Å². The highest BCUT2D eigenvalue weighted by Gasteiger charge is 2.33. The number of sulfonamides is 1. The summed E-state index contributed by atoms with van der Waals surface area (Å²) in [5.41, 5.74) is 0.786. The van der Waals surface area contributed by atoms with Gasteiger partial charge in [-0.2, -0.15) is 4.31 Å². The smallest absolute Gasteiger partial charge is 0.322 e. The molecule has 1 amide bonds. The van der Waals surface area contributed by atoms with Gasteiger partial charge in [0.15, 0.2) is 9.84 Å². The van der Waals surface area contributed by atoms with Crippen LogP contribution in [0.2, 0.25) is 0 Å². The lowest BCUT2D eigenvalue weighted by Crippen LogP contribution is -2.41. The number of anilines is 1. The van der Waals surface area contributed by atoms with Crippen LogP contribution in [-0.4, -0.2) is 55.6 Å². The van der Waals surface area contributed by atoms with Crippen LogP contribution in [0.25, 0.3) is 0 Å². The molecule has 0 saturated carbocycles. The molecule has 2 aromatic heterocycles. The Morgan fingerprint density at radius 3 is 2.40 bits per heavy atom. The number of nitrogens with zero attached hydrogens (tertiary/aromatic N) is 3. The highest BCUT2D eigenvalue weighted by Crippen LogP contribution is 2.27. The zero-order valence-corrected chi connectivity index (χ0v) is 21.7. The van der Waals surface area contributed by atoms with Crippen molar-refractivity contribution in [2.24, 2.45) is 5.92 Å². The van der Waals surface area contributed by atoms with Crippen molar-refractivity contribution in [1.29, 1.82) is 0 Å². The number of carbonyl (C=O) groups is 1. The van der Waals surface area contributed by atoms with Crippen molar-refractivity contribution in [1.82, 2.24) is 14.5 Å². The zero-order chi connectivity index (χ0) is 25.2. The molecule has 1 fully saturated rings. The molecule has 1 aliphatic heterocycles. The molecule has 35 heavy (non-hydrogen) atoms. The van der Waals surface area contributed by atoms with Crippen molar-refractivity contribution in [2.45, 2.75) is 47.5 Å². The van der Waals surface area contributed by atoms with Gasteiger partial charge in [-0.25, -0.2) is 16.8 Å². The maximum Gasteiger partial charge on any atom is 0.322 e. The van der Waals surface area contributed by atoms with Crippen LogP contribution in [0.3, 0.4) is 0 Å². The summed E-state index contributed by atoms with van der Waals surface area (Å²) in [6.07, 6.45) is 1.07. The van der Waals surface area contributed by atoms with Gasteiger partial charge in [-0.15, -0.1) is 16.4 Å². The number of amides is 1. The number of hydrogen-bond acceptors (Lipinski definition) is 9. The van der Waals surface area contributed by atoms with E-state index in [-0.39, 0.29) is 48.1 Å². The van der Waals surface area contributed by atoms with Gasteiger partial charge in [0.2, 0.25) is 11.8 Å². The van der Waals surface area contributed by atoms with E-state index in [1.165, 1.54) is 15.6 Å². The average Bonchev–Trinajstić information content (AvgIpc) is 3.52. The van der Waals surface area contributed by atoms with Crippen LogP contribution in [0.5, 0.6) is 0 Å². The first-order valence-electron chi connectivity index (χ1n) is 11.1. The molecule has 0 aliphatic carbocycles. The zero-order valence-electron chi connectivity index (χ0n) is 19.2. The molecule has 0 spiro atoms. The number of sulfone groups is 1. The van der Waals surface area contributed by atoms with E-state index in [0.29, 0.717) is 17.1 Å². The summed E-state index contributed by atoms with van der Waals surface area (Å²) in [5, 5.41) is 11.6. The number of thiophene rings is 1. The highest BCUT2D eigenvalue weighted by atomic mass is 32.2. The Kier molecular flexibility index (Phi) is 7.40. The average molecular weight is 539 g/mol. The summed E-state index contributed by atoms with van der Waals surface area (Å²) < 4.78 is 57.0. The normalized spacial score (nSPS) is 16.0. The molecule has 3 heterocycles. The van der Waals surface area contributed by atoms with Crippen LogP contribution in [0.4, 0.5) is 6.01 Å². The first-order chi connectivity index (χ1) is 16.6. The molecule has 13 heteroatoms. The fourth-order valence-corrected chi connectivity index (χ4v) is 7.40. The minimum absolute atomic E-state index is 0.0300. The van der Waals surface area contributed by atoms with Gasteiger partial charge in [0, 0.05) is 19.0 Å². The summed E-state index contributed by atoms with van der Waals surface area (Å²) in [5.74, 6) is -0.385. The Bertz CT molecular complexity index is 1370. The second-order valence-corrected chi connectivity index (χ2v) is 14.1. The standard InChI is InChI=1S/C22H26N4O6S3/c1-15(2)34(28,29)18-7-5-16(6-8-18)14-19-24-25-22(32-19)23-21(27)17-9-11-26(12-10-17)35(30,31)20-4-3-13-33-20/h3-8,13,15,17H,9-12,14H2,1-2H3,(H,23,25,27).